The number of amides is 3. The first-order chi connectivity index (χ1) is 30.6. The van der Waals surface area contributed by atoms with Crippen molar-refractivity contribution in [3.8, 4) is 0 Å². The fraction of sp³-hybridized carbons (Fsp3) is 0.429. The number of nitrogens with zero attached hydrogens (tertiary/aromatic N) is 1. The number of aromatic nitrogens is 1. The standard InChI is InChI=1S/C49H56N6O7S/c1-30-51-41-29-63-44(46(41)52-30)19-11-8-16-35(56)20-21-45(58)62-36-26-42-48(60)53-39(22-31-12-4-2-5-13-31)43(57)25-33(24-34-27-50-38-18-10-9-17-37(34)38)47(59)54-40(49(61)55(42)28-36)23-32-14-6-3-7-15-32/h2-7,9-10,12-15,17-18,27,33,36,39-42,44,46,50-52H,1,8,11,16,19-26,28-29H2,(H,53,60)(H,54,59)/t33-,36+,39-,40-,41-,42+,44-,46-/m0/s1. The third-order valence-corrected chi connectivity index (χ3v) is 14.3. The minimum atomic E-state index is -1.08. The molecule has 5 heterocycles. The number of carbonyl (C=O) groups is 6. The van der Waals surface area contributed by atoms with Gasteiger partial charge in [-0.2, -0.15) is 11.8 Å². The first kappa shape index (κ1) is 43.7. The van der Waals surface area contributed by atoms with Crippen molar-refractivity contribution in [3.05, 3.63) is 120 Å². The third-order valence-electron chi connectivity index (χ3n) is 12.8. The molecule has 63 heavy (non-hydrogen) atoms. The van der Waals surface area contributed by atoms with Crippen LogP contribution in [0.3, 0.4) is 0 Å². The van der Waals surface area contributed by atoms with Crippen molar-refractivity contribution in [2.24, 2.45) is 5.92 Å². The molecule has 8 rings (SSSR count). The van der Waals surface area contributed by atoms with Gasteiger partial charge in [-0.05, 0) is 48.4 Å². The Balaban J connectivity index is 0.964. The molecule has 0 radical (unpaired) electrons. The number of hydrogen-bond acceptors (Lipinski definition) is 10. The Kier molecular flexibility index (Phi) is 13.9. The van der Waals surface area contributed by atoms with Crippen LogP contribution >= 0.6 is 11.8 Å². The number of Topliss-reactive ketones (excluding diaryl/α,β-unsaturated/α-hetero) is 2. The quantitative estimate of drug-likeness (QED) is 0.0832. The number of rotatable bonds is 15. The number of H-pyrrole nitrogens is 1. The zero-order valence-electron chi connectivity index (χ0n) is 35.4. The minimum absolute atomic E-state index is 0.00253. The number of aromatic amines is 1. The predicted molar refractivity (Wildman–Crippen MR) is 241 cm³/mol. The fourth-order valence-electron chi connectivity index (χ4n) is 9.51. The lowest BCUT2D eigenvalue weighted by atomic mass is 9.88. The Labute approximate surface area is 371 Å². The normalized spacial score (nSPS) is 26.2. The highest BCUT2D eigenvalue weighted by Gasteiger charge is 2.46. The van der Waals surface area contributed by atoms with Gasteiger partial charge in [0.1, 0.15) is 24.0 Å². The maximum Gasteiger partial charge on any atom is 0.306 e. The van der Waals surface area contributed by atoms with Crippen molar-refractivity contribution < 1.29 is 33.5 Å². The summed E-state index contributed by atoms with van der Waals surface area (Å²) in [6.07, 6.45) is 4.33. The number of benzene rings is 3. The van der Waals surface area contributed by atoms with E-state index >= 15 is 0 Å². The number of fused-ring (bicyclic) bond motifs is 3. The lowest BCUT2D eigenvalue weighted by molar-refractivity contribution is -0.150. The summed E-state index contributed by atoms with van der Waals surface area (Å²) >= 11 is 1.94. The average Bonchev–Trinajstić information content (AvgIpc) is 4.08. The Morgan fingerprint density at radius 3 is 2.22 bits per heavy atom. The molecule has 330 valence electrons. The van der Waals surface area contributed by atoms with E-state index in [0.717, 1.165) is 58.4 Å². The summed E-state index contributed by atoms with van der Waals surface area (Å²) in [5.41, 5.74) is 3.37. The van der Waals surface area contributed by atoms with Crippen LogP contribution in [0.25, 0.3) is 10.9 Å². The van der Waals surface area contributed by atoms with E-state index in [4.69, 9.17) is 4.74 Å². The van der Waals surface area contributed by atoms with Gasteiger partial charge in [-0.15, -0.1) is 0 Å². The van der Waals surface area contributed by atoms with Gasteiger partial charge in [0.2, 0.25) is 17.7 Å². The number of ketones is 2. The van der Waals surface area contributed by atoms with Crippen molar-refractivity contribution in [1.29, 1.82) is 0 Å². The largest absolute Gasteiger partial charge is 0.460 e. The lowest BCUT2D eigenvalue weighted by Gasteiger charge is -2.32. The van der Waals surface area contributed by atoms with Crippen LogP contribution in [0.5, 0.6) is 0 Å². The maximum atomic E-state index is 14.8. The number of para-hydroxylation sites is 1. The summed E-state index contributed by atoms with van der Waals surface area (Å²) in [6, 6.07) is 24.0. The third kappa shape index (κ3) is 10.8. The summed E-state index contributed by atoms with van der Waals surface area (Å²) < 4.78 is 5.87. The van der Waals surface area contributed by atoms with Crippen LogP contribution in [0, 0.1) is 5.92 Å². The molecule has 1 aromatic heterocycles. The van der Waals surface area contributed by atoms with Gasteiger partial charge in [-0.1, -0.05) is 91.9 Å². The Bertz CT molecular complexity index is 2320. The number of ether oxygens (including phenoxy) is 1. The summed E-state index contributed by atoms with van der Waals surface area (Å²) in [7, 11) is 0. The first-order valence-electron chi connectivity index (χ1n) is 22.2. The molecule has 4 aliphatic heterocycles. The summed E-state index contributed by atoms with van der Waals surface area (Å²) in [5.74, 6) is -1.33. The Morgan fingerprint density at radius 1 is 0.762 bits per heavy atom. The molecule has 0 unspecified atom stereocenters. The average molecular weight is 873 g/mol. The molecule has 4 aliphatic rings. The lowest BCUT2D eigenvalue weighted by Crippen LogP contribution is -2.58. The number of hydrogen-bond donors (Lipinski definition) is 5. The predicted octanol–water partition coefficient (Wildman–Crippen LogP) is 4.69. The highest BCUT2D eigenvalue weighted by molar-refractivity contribution is 8.00. The van der Waals surface area contributed by atoms with Gasteiger partial charge in [0.25, 0.3) is 0 Å². The van der Waals surface area contributed by atoms with Gasteiger partial charge < -0.3 is 35.9 Å². The van der Waals surface area contributed by atoms with Crippen LogP contribution in [0.4, 0.5) is 0 Å². The highest BCUT2D eigenvalue weighted by Crippen LogP contribution is 2.34. The minimum Gasteiger partial charge on any atom is -0.460 e. The summed E-state index contributed by atoms with van der Waals surface area (Å²) in [6.45, 7) is 3.89. The second-order valence-corrected chi connectivity index (χ2v) is 18.6. The van der Waals surface area contributed by atoms with Crippen LogP contribution in [-0.4, -0.2) is 99.0 Å². The second-order valence-electron chi connectivity index (χ2n) is 17.3. The van der Waals surface area contributed by atoms with Crippen molar-refractivity contribution in [1.82, 2.24) is 31.2 Å². The van der Waals surface area contributed by atoms with Crippen LogP contribution < -0.4 is 21.3 Å². The first-order valence-corrected chi connectivity index (χ1v) is 23.2. The van der Waals surface area contributed by atoms with Crippen molar-refractivity contribution in [3.63, 3.8) is 0 Å². The molecule has 0 bridgehead atoms. The van der Waals surface area contributed by atoms with Gasteiger partial charge in [0.15, 0.2) is 5.78 Å². The van der Waals surface area contributed by atoms with E-state index in [-0.39, 0.29) is 63.1 Å². The molecule has 14 heteroatoms. The van der Waals surface area contributed by atoms with Crippen LogP contribution in [-0.2, 0) is 52.8 Å². The van der Waals surface area contributed by atoms with E-state index < -0.39 is 53.8 Å². The maximum absolute atomic E-state index is 14.8. The van der Waals surface area contributed by atoms with Crippen molar-refractivity contribution >= 4 is 57.9 Å². The zero-order valence-corrected chi connectivity index (χ0v) is 36.2. The van der Waals surface area contributed by atoms with Gasteiger partial charge in [0, 0.05) is 66.1 Å². The molecule has 0 aliphatic carbocycles. The highest BCUT2D eigenvalue weighted by atomic mass is 32.2. The fourth-order valence-corrected chi connectivity index (χ4v) is 11.1. The topological polar surface area (TPSA) is 179 Å². The summed E-state index contributed by atoms with van der Waals surface area (Å²) in [5, 5.41) is 14.2. The molecule has 0 saturated carbocycles. The number of carbonyl (C=O) groups excluding carboxylic acids is 6. The molecule has 0 spiro atoms. The van der Waals surface area contributed by atoms with Crippen molar-refractivity contribution in [2.45, 2.75) is 112 Å². The van der Waals surface area contributed by atoms with Gasteiger partial charge in [0.05, 0.1) is 36.9 Å². The van der Waals surface area contributed by atoms with Gasteiger partial charge in [-0.25, -0.2) is 0 Å². The monoisotopic (exact) mass is 872 g/mol. The Morgan fingerprint density at radius 2 is 1.46 bits per heavy atom. The molecule has 4 fully saturated rings. The van der Waals surface area contributed by atoms with E-state index in [0.29, 0.717) is 23.8 Å². The SMILES string of the molecule is C=C1N[C@H]2[C@H](CS[C@H]2CCCCC(=O)CCC(=O)O[C@@H]2C[C@@H]3C(=O)N[C@@H](Cc4ccccc4)C(=O)C[C@H](Cc4c[nH]c5ccccc45)C(=O)N[C@@H](Cc4ccccc4)C(=O)N3C2)N1. The number of thioether (sulfide) groups is 1. The van der Waals surface area contributed by atoms with Crippen molar-refractivity contribution in [2.75, 3.05) is 12.3 Å². The zero-order chi connectivity index (χ0) is 43.9. The van der Waals surface area contributed by atoms with Gasteiger partial charge >= 0.3 is 5.97 Å². The number of esters is 1. The van der Waals surface area contributed by atoms with E-state index in [1.807, 2.05) is 103 Å². The van der Waals surface area contributed by atoms with E-state index in [1.165, 1.54) is 4.90 Å². The molecule has 4 aromatic rings. The van der Waals surface area contributed by atoms with E-state index in [2.05, 4.69) is 32.8 Å². The molecule has 3 amide bonds. The molecular formula is C49H56N6O7S. The van der Waals surface area contributed by atoms with Crippen LogP contribution in [0.1, 0.15) is 68.1 Å². The molecule has 13 nitrogen and oxygen atoms in total. The molecular weight excluding hydrogens is 817 g/mol. The second kappa shape index (κ2) is 20.1. The van der Waals surface area contributed by atoms with Gasteiger partial charge in [-0.3, -0.25) is 28.8 Å². The number of unbranched alkanes of at least 4 members (excludes halogenated alkanes) is 1. The molecule has 8 atom stereocenters. The Hall–Kier alpha value is -5.89. The molecule has 4 saturated heterocycles. The molecule has 3 aromatic carbocycles. The van der Waals surface area contributed by atoms with E-state index in [9.17, 15) is 28.8 Å². The smallest absolute Gasteiger partial charge is 0.306 e. The van der Waals surface area contributed by atoms with Crippen LogP contribution in [0.2, 0.25) is 0 Å². The summed E-state index contributed by atoms with van der Waals surface area (Å²) in [4.78, 5) is 88.8. The van der Waals surface area contributed by atoms with Crippen LogP contribution in [0.15, 0.2) is 104 Å². The van der Waals surface area contributed by atoms with E-state index in [1.54, 1.807) is 0 Å². The molecule has 5 N–H and O–H groups in total. The number of nitrogens with one attached hydrogen (secondary N) is 5.